The van der Waals surface area contributed by atoms with Crippen LogP contribution in [0, 0.1) is 0 Å². The van der Waals surface area contributed by atoms with E-state index in [1.165, 1.54) is 5.56 Å². The third-order valence-corrected chi connectivity index (χ3v) is 3.87. The molecule has 4 rings (SSSR count). The number of halogens is 1. The van der Waals surface area contributed by atoms with Crippen molar-refractivity contribution in [3.8, 4) is 5.88 Å². The minimum Gasteiger partial charge on any atom is -0.494 e. The summed E-state index contributed by atoms with van der Waals surface area (Å²) in [5.74, 6) is 0.147. The molecule has 0 saturated carbocycles. The summed E-state index contributed by atoms with van der Waals surface area (Å²) in [5.41, 5.74) is 4.63. The van der Waals surface area contributed by atoms with Crippen molar-refractivity contribution in [3.05, 3.63) is 58.6 Å². The fourth-order valence-electron chi connectivity index (χ4n) is 2.72. The Morgan fingerprint density at radius 1 is 1.15 bits per heavy atom. The second kappa shape index (κ2) is 4.12. The Morgan fingerprint density at radius 2 is 2.00 bits per heavy atom. The first-order valence-electron chi connectivity index (χ1n) is 6.38. The molecule has 20 heavy (non-hydrogen) atoms. The summed E-state index contributed by atoms with van der Waals surface area (Å²) in [6.45, 7) is 0. The second-order valence-corrected chi connectivity index (χ2v) is 5.34. The van der Waals surface area contributed by atoms with Gasteiger partial charge in [-0.2, -0.15) is 0 Å². The number of nitrogens with zero attached hydrogens (tertiary/aromatic N) is 1. The molecule has 0 fully saturated rings. The summed E-state index contributed by atoms with van der Waals surface area (Å²) in [5, 5.41) is 11.7. The van der Waals surface area contributed by atoms with Crippen molar-refractivity contribution in [3.63, 3.8) is 0 Å². The molecule has 0 unspecified atom stereocenters. The fraction of sp³-hybridized carbons (Fsp3) is 0.0625. The Kier molecular flexibility index (Phi) is 2.38. The van der Waals surface area contributed by atoms with Gasteiger partial charge in [0.1, 0.15) is 0 Å². The van der Waals surface area contributed by atoms with Crippen LogP contribution in [0.25, 0.3) is 10.9 Å². The molecule has 2 N–H and O–H groups in total. The number of H-pyrrole nitrogens is 1. The van der Waals surface area contributed by atoms with Crippen molar-refractivity contribution in [1.29, 1.82) is 0 Å². The van der Waals surface area contributed by atoms with Crippen molar-refractivity contribution in [1.82, 2.24) is 4.98 Å². The van der Waals surface area contributed by atoms with Crippen LogP contribution in [-0.4, -0.2) is 15.8 Å². The highest BCUT2D eigenvalue weighted by Gasteiger charge is 2.22. The van der Waals surface area contributed by atoms with E-state index in [0.717, 1.165) is 34.3 Å². The summed E-state index contributed by atoms with van der Waals surface area (Å²) in [4.78, 5) is 7.60. The van der Waals surface area contributed by atoms with Gasteiger partial charge < -0.3 is 10.1 Å². The molecule has 0 amide bonds. The normalized spacial score (nSPS) is 13.6. The minimum atomic E-state index is 0.147. The molecule has 0 spiro atoms. The molecule has 3 aromatic rings. The zero-order valence-corrected chi connectivity index (χ0v) is 11.3. The molecule has 0 atom stereocenters. The first-order chi connectivity index (χ1) is 9.72. The SMILES string of the molecule is Oc1[nH]c2ccc(Cl)cc2c1C1=Nc2ccccc2C1. The maximum atomic E-state index is 10.2. The van der Waals surface area contributed by atoms with Gasteiger partial charge >= 0.3 is 0 Å². The molecule has 98 valence electrons. The summed E-state index contributed by atoms with van der Waals surface area (Å²) in [6, 6.07) is 13.5. The quantitative estimate of drug-likeness (QED) is 0.690. The van der Waals surface area contributed by atoms with Crippen molar-refractivity contribution >= 4 is 33.9 Å². The van der Waals surface area contributed by atoms with Gasteiger partial charge in [0.2, 0.25) is 0 Å². The summed E-state index contributed by atoms with van der Waals surface area (Å²) in [7, 11) is 0. The standard InChI is InChI=1S/C16H11ClN2O/c17-10-5-6-13-11(8-10)15(16(20)19-13)14-7-9-3-1-2-4-12(9)18-14/h1-6,8,19-20H,7H2. The van der Waals surface area contributed by atoms with E-state index >= 15 is 0 Å². The molecule has 0 bridgehead atoms. The van der Waals surface area contributed by atoms with E-state index in [9.17, 15) is 5.11 Å². The highest BCUT2D eigenvalue weighted by molar-refractivity contribution is 6.31. The molecule has 1 aromatic heterocycles. The highest BCUT2D eigenvalue weighted by atomic mass is 35.5. The predicted molar refractivity (Wildman–Crippen MR) is 81.3 cm³/mol. The lowest BCUT2D eigenvalue weighted by molar-refractivity contribution is 0.457. The average molecular weight is 283 g/mol. The Balaban J connectivity index is 1.92. The van der Waals surface area contributed by atoms with Gasteiger partial charge in [-0.3, -0.25) is 4.99 Å². The van der Waals surface area contributed by atoms with Crippen molar-refractivity contribution < 1.29 is 5.11 Å². The van der Waals surface area contributed by atoms with Crippen LogP contribution >= 0.6 is 11.6 Å². The van der Waals surface area contributed by atoms with Gasteiger partial charge in [0.15, 0.2) is 5.88 Å². The number of para-hydroxylation sites is 1. The molecule has 1 aliphatic heterocycles. The van der Waals surface area contributed by atoms with Crippen LogP contribution in [0.5, 0.6) is 5.88 Å². The van der Waals surface area contributed by atoms with E-state index in [4.69, 9.17) is 11.6 Å². The topological polar surface area (TPSA) is 48.4 Å². The van der Waals surface area contributed by atoms with E-state index in [0.29, 0.717) is 5.02 Å². The summed E-state index contributed by atoms with van der Waals surface area (Å²) >= 11 is 6.06. The number of fused-ring (bicyclic) bond motifs is 2. The molecule has 4 heteroatoms. The van der Waals surface area contributed by atoms with Crippen molar-refractivity contribution in [2.24, 2.45) is 4.99 Å². The minimum absolute atomic E-state index is 0.147. The number of aromatic nitrogens is 1. The van der Waals surface area contributed by atoms with E-state index in [1.807, 2.05) is 30.3 Å². The number of rotatable bonds is 1. The fourth-order valence-corrected chi connectivity index (χ4v) is 2.89. The summed E-state index contributed by atoms with van der Waals surface area (Å²) < 4.78 is 0. The first kappa shape index (κ1) is 11.6. The Hall–Kier alpha value is -2.26. The number of benzene rings is 2. The lowest BCUT2D eigenvalue weighted by atomic mass is 10.0. The molecule has 3 nitrogen and oxygen atoms in total. The van der Waals surface area contributed by atoms with Crippen molar-refractivity contribution in [2.45, 2.75) is 6.42 Å². The monoisotopic (exact) mass is 282 g/mol. The number of hydrogen-bond donors (Lipinski definition) is 2. The molecule has 0 saturated heterocycles. The van der Waals surface area contributed by atoms with Gasteiger partial charge in [0.25, 0.3) is 0 Å². The number of nitrogens with one attached hydrogen (secondary N) is 1. The Morgan fingerprint density at radius 3 is 2.85 bits per heavy atom. The smallest absolute Gasteiger partial charge is 0.198 e. The number of aromatic hydroxyl groups is 1. The molecule has 2 heterocycles. The lowest BCUT2D eigenvalue weighted by Gasteiger charge is -2.00. The number of hydrogen-bond acceptors (Lipinski definition) is 2. The third-order valence-electron chi connectivity index (χ3n) is 3.63. The van der Waals surface area contributed by atoms with Gasteiger partial charge in [-0.05, 0) is 29.8 Å². The molecule has 0 radical (unpaired) electrons. The maximum Gasteiger partial charge on any atom is 0.198 e. The van der Waals surface area contributed by atoms with Crippen LogP contribution in [0.2, 0.25) is 5.02 Å². The Labute approximate surface area is 120 Å². The molecule has 1 aliphatic rings. The maximum absolute atomic E-state index is 10.2. The molecular weight excluding hydrogens is 272 g/mol. The van der Waals surface area contributed by atoms with Gasteiger partial charge in [-0.1, -0.05) is 29.8 Å². The largest absolute Gasteiger partial charge is 0.494 e. The molecule has 2 aromatic carbocycles. The third kappa shape index (κ3) is 1.63. The number of aliphatic imine (C=N–C) groups is 1. The van der Waals surface area contributed by atoms with Crippen LogP contribution in [0.3, 0.4) is 0 Å². The van der Waals surface area contributed by atoms with Crippen LogP contribution in [0.1, 0.15) is 11.1 Å². The Bertz CT molecular complexity index is 864. The predicted octanol–water partition coefficient (Wildman–Crippen LogP) is 4.20. The zero-order chi connectivity index (χ0) is 13.7. The molecular formula is C16H11ClN2O. The van der Waals surface area contributed by atoms with E-state index in [2.05, 4.69) is 16.0 Å². The van der Waals surface area contributed by atoms with Gasteiger partial charge in [-0.25, -0.2) is 0 Å². The second-order valence-electron chi connectivity index (χ2n) is 4.90. The van der Waals surface area contributed by atoms with Crippen LogP contribution < -0.4 is 0 Å². The highest BCUT2D eigenvalue weighted by Crippen LogP contribution is 2.35. The first-order valence-corrected chi connectivity index (χ1v) is 6.76. The number of aromatic amines is 1. The average Bonchev–Trinajstić information content (AvgIpc) is 2.97. The van der Waals surface area contributed by atoms with Crippen LogP contribution in [0.15, 0.2) is 47.5 Å². The van der Waals surface area contributed by atoms with E-state index < -0.39 is 0 Å². The van der Waals surface area contributed by atoms with Crippen molar-refractivity contribution in [2.75, 3.05) is 0 Å². The molecule has 0 aliphatic carbocycles. The van der Waals surface area contributed by atoms with Gasteiger partial charge in [0, 0.05) is 22.3 Å². The van der Waals surface area contributed by atoms with E-state index in [1.54, 1.807) is 6.07 Å². The van der Waals surface area contributed by atoms with Gasteiger partial charge in [0.05, 0.1) is 17.0 Å². The van der Waals surface area contributed by atoms with Gasteiger partial charge in [-0.15, -0.1) is 0 Å². The summed E-state index contributed by atoms with van der Waals surface area (Å²) in [6.07, 6.45) is 0.725. The van der Waals surface area contributed by atoms with E-state index in [-0.39, 0.29) is 5.88 Å². The van der Waals surface area contributed by atoms with Crippen LogP contribution in [0.4, 0.5) is 5.69 Å². The lowest BCUT2D eigenvalue weighted by Crippen LogP contribution is -1.99. The van der Waals surface area contributed by atoms with Crippen LogP contribution in [-0.2, 0) is 6.42 Å². The zero-order valence-electron chi connectivity index (χ0n) is 10.5.